The van der Waals surface area contributed by atoms with Crippen molar-refractivity contribution in [3.63, 3.8) is 0 Å². The molecule has 0 spiro atoms. The highest BCUT2D eigenvalue weighted by atomic mass is 32.1. The van der Waals surface area contributed by atoms with Crippen LogP contribution < -0.4 is 20.0 Å². The number of hydrogen-bond acceptors (Lipinski definition) is 3. The van der Waals surface area contributed by atoms with Crippen molar-refractivity contribution in [2.75, 3.05) is 9.80 Å². The van der Waals surface area contributed by atoms with Gasteiger partial charge in [-0.15, -0.1) is 11.3 Å². The SMILES string of the molecule is Cc1cc(C)c(N2c3cc(C)cc4c3B(C3=C(C=C5C(C3)C(C)(C)CCC5(C)C)N4c3ccc4c(c3)C(C)(C)CCC4(C)C)c3sc4ccc(C(C)(C)C)cc4c32)c(C)c1. The minimum atomic E-state index is 0.0451. The lowest BCUT2D eigenvalue weighted by atomic mass is 9.33. The summed E-state index contributed by atoms with van der Waals surface area (Å²) in [5.74, 6) is 0.505. The van der Waals surface area contributed by atoms with Crippen molar-refractivity contribution in [2.45, 2.75) is 152 Å². The molecule has 2 aliphatic heterocycles. The van der Waals surface area contributed by atoms with E-state index in [9.17, 15) is 0 Å². The largest absolute Gasteiger partial charge is 0.312 e. The molecule has 0 saturated heterocycles. The van der Waals surface area contributed by atoms with Crippen LogP contribution in [0.1, 0.15) is 147 Å². The van der Waals surface area contributed by atoms with Crippen LogP contribution in [0.15, 0.2) is 83.5 Å². The van der Waals surface area contributed by atoms with Crippen molar-refractivity contribution >= 4 is 66.8 Å². The number of anilines is 5. The third kappa shape index (κ3) is 5.78. The number of rotatable bonds is 2. The number of benzene rings is 4. The number of allylic oxidation sites excluding steroid dienone is 3. The normalized spacial score (nSPS) is 21.9. The molecular weight excluding hydrogens is 744 g/mol. The fourth-order valence-electron chi connectivity index (χ4n) is 12.5. The molecule has 1 saturated carbocycles. The third-order valence-corrected chi connectivity index (χ3v) is 17.4. The number of fused-ring (bicyclic) bond motifs is 7. The second-order valence-electron chi connectivity index (χ2n) is 23.5. The first kappa shape index (κ1) is 40.1. The van der Waals surface area contributed by atoms with E-state index in [1.165, 1.54) is 119 Å². The van der Waals surface area contributed by atoms with Crippen LogP contribution in [0, 0.1) is 44.4 Å². The Balaban J connectivity index is 1.34. The maximum Gasteiger partial charge on any atom is 0.260 e. The average molecular weight is 811 g/mol. The number of hydrogen-bond donors (Lipinski definition) is 0. The highest BCUT2D eigenvalue weighted by molar-refractivity contribution is 7.32. The van der Waals surface area contributed by atoms with Gasteiger partial charge in [0.05, 0.1) is 11.4 Å². The summed E-state index contributed by atoms with van der Waals surface area (Å²) in [5.41, 5.74) is 23.4. The van der Waals surface area contributed by atoms with Crippen LogP contribution in [0.25, 0.3) is 10.1 Å². The van der Waals surface area contributed by atoms with Gasteiger partial charge in [-0.2, -0.15) is 0 Å². The summed E-state index contributed by atoms with van der Waals surface area (Å²) in [6.45, 7) is 36.6. The first-order valence-electron chi connectivity index (χ1n) is 23.0. The van der Waals surface area contributed by atoms with E-state index >= 15 is 0 Å². The Morgan fingerprint density at radius 2 is 1.27 bits per heavy atom. The lowest BCUT2D eigenvalue weighted by molar-refractivity contribution is 0.122. The van der Waals surface area contributed by atoms with E-state index in [0.29, 0.717) is 5.92 Å². The Labute approximate surface area is 366 Å². The van der Waals surface area contributed by atoms with Gasteiger partial charge in [0.2, 0.25) is 0 Å². The zero-order valence-corrected chi connectivity index (χ0v) is 40.2. The van der Waals surface area contributed by atoms with E-state index in [4.69, 9.17) is 0 Å². The molecular formula is C56H67BN2S. The van der Waals surface area contributed by atoms with Gasteiger partial charge in [-0.3, -0.25) is 0 Å². The summed E-state index contributed by atoms with van der Waals surface area (Å²) >= 11 is 2.06. The highest BCUT2D eigenvalue weighted by Gasteiger charge is 2.52. The summed E-state index contributed by atoms with van der Waals surface area (Å²) in [6, 6.07) is 24.9. The predicted molar refractivity (Wildman–Crippen MR) is 263 cm³/mol. The topological polar surface area (TPSA) is 6.48 Å². The second-order valence-corrected chi connectivity index (χ2v) is 24.6. The van der Waals surface area contributed by atoms with Gasteiger partial charge in [0.15, 0.2) is 0 Å². The second kappa shape index (κ2) is 12.8. The lowest BCUT2D eigenvalue weighted by Gasteiger charge is -2.53. The molecule has 0 amide bonds. The van der Waals surface area contributed by atoms with Gasteiger partial charge < -0.3 is 9.80 Å². The summed E-state index contributed by atoms with van der Waals surface area (Å²) < 4.78 is 2.90. The molecule has 1 fully saturated rings. The molecule has 60 heavy (non-hydrogen) atoms. The van der Waals surface area contributed by atoms with Crippen molar-refractivity contribution in [1.29, 1.82) is 0 Å². The van der Waals surface area contributed by atoms with E-state index < -0.39 is 0 Å². The molecule has 5 aliphatic rings. The van der Waals surface area contributed by atoms with Gasteiger partial charge in [0, 0.05) is 37.6 Å². The molecule has 10 rings (SSSR count). The van der Waals surface area contributed by atoms with Crippen LogP contribution in [0.4, 0.5) is 28.4 Å². The van der Waals surface area contributed by atoms with Gasteiger partial charge in [0.1, 0.15) is 0 Å². The predicted octanol–water partition coefficient (Wildman–Crippen LogP) is 14.9. The summed E-state index contributed by atoms with van der Waals surface area (Å²) in [6.07, 6.45) is 8.75. The van der Waals surface area contributed by atoms with Crippen molar-refractivity contribution in [1.82, 2.24) is 0 Å². The maximum atomic E-state index is 2.75. The molecule has 4 heteroatoms. The first-order valence-corrected chi connectivity index (χ1v) is 23.8. The highest BCUT2D eigenvalue weighted by Crippen LogP contribution is 2.60. The van der Waals surface area contributed by atoms with Gasteiger partial charge in [-0.1, -0.05) is 117 Å². The number of nitrogens with zero attached hydrogens (tertiary/aromatic N) is 2. The summed E-state index contributed by atoms with van der Waals surface area (Å²) in [5, 5.41) is 1.39. The minimum absolute atomic E-state index is 0.0451. The number of thiophene rings is 1. The van der Waals surface area contributed by atoms with E-state index in [0.717, 1.165) is 6.42 Å². The zero-order chi connectivity index (χ0) is 42.8. The molecule has 0 bridgehead atoms. The number of aryl methyl sites for hydroxylation is 4. The van der Waals surface area contributed by atoms with E-state index in [1.54, 1.807) is 11.0 Å². The first-order chi connectivity index (χ1) is 28.0. The molecule has 1 unspecified atom stereocenters. The Kier molecular flexibility index (Phi) is 8.54. The van der Waals surface area contributed by atoms with Crippen LogP contribution >= 0.6 is 11.3 Å². The molecule has 2 nitrogen and oxygen atoms in total. The maximum absolute atomic E-state index is 2.75. The molecule has 1 atom stereocenters. The standard InChI is InChI=1S/C56H67BN2S/c1-32-24-34(3)49(35(4)25-32)59-46-27-33(2)26-45-48(46)57(51-50(59)38-28-36(52(5,6)7)16-19-47(38)60-51)43-30-41-42(56(14,15)23-22-55(41,12)13)31-44(43)58(45)37-17-18-39-40(29-37)54(10,11)21-20-53(39,8)9/h16-19,24-29,31,41H,20-23,30H2,1-15H3. The monoisotopic (exact) mass is 811 g/mol. The van der Waals surface area contributed by atoms with Gasteiger partial charge in [0.25, 0.3) is 6.71 Å². The van der Waals surface area contributed by atoms with Gasteiger partial charge in [-0.25, -0.2) is 0 Å². The van der Waals surface area contributed by atoms with Crippen molar-refractivity contribution < 1.29 is 0 Å². The smallest absolute Gasteiger partial charge is 0.260 e. The summed E-state index contributed by atoms with van der Waals surface area (Å²) in [7, 11) is 0. The molecule has 5 aromatic rings. The molecule has 4 aromatic carbocycles. The van der Waals surface area contributed by atoms with Crippen molar-refractivity contribution in [2.24, 2.45) is 16.7 Å². The Morgan fingerprint density at radius 1 is 0.650 bits per heavy atom. The fraction of sp³-hybridized carbons (Fsp3) is 0.464. The molecule has 0 N–H and O–H groups in total. The van der Waals surface area contributed by atoms with Crippen molar-refractivity contribution in [3.8, 4) is 0 Å². The van der Waals surface area contributed by atoms with E-state index in [-0.39, 0.29) is 33.8 Å². The van der Waals surface area contributed by atoms with Crippen LogP contribution in [0.5, 0.6) is 0 Å². The van der Waals surface area contributed by atoms with Gasteiger partial charge >= 0.3 is 0 Å². The Hall–Kier alpha value is -4.02. The van der Waals surface area contributed by atoms with Crippen LogP contribution in [-0.4, -0.2) is 6.71 Å². The fourth-order valence-corrected chi connectivity index (χ4v) is 13.8. The third-order valence-electron chi connectivity index (χ3n) is 16.2. The molecule has 1 aromatic heterocycles. The molecule has 3 aliphatic carbocycles. The van der Waals surface area contributed by atoms with Crippen molar-refractivity contribution in [3.05, 3.63) is 122 Å². The van der Waals surface area contributed by atoms with Crippen LogP contribution in [0.2, 0.25) is 0 Å². The Bertz CT molecular complexity index is 2720. The van der Waals surface area contributed by atoms with Crippen LogP contribution in [-0.2, 0) is 16.2 Å². The lowest BCUT2D eigenvalue weighted by Crippen LogP contribution is -2.56. The zero-order valence-electron chi connectivity index (χ0n) is 39.3. The van der Waals surface area contributed by atoms with E-state index in [2.05, 4.69) is 192 Å². The van der Waals surface area contributed by atoms with E-state index in [1.807, 2.05) is 0 Å². The average Bonchev–Trinajstić information content (AvgIpc) is 3.53. The molecule has 310 valence electrons. The quantitative estimate of drug-likeness (QED) is 0.164. The summed E-state index contributed by atoms with van der Waals surface area (Å²) in [4.78, 5) is 5.48. The minimum Gasteiger partial charge on any atom is -0.312 e. The molecule has 0 radical (unpaired) electrons. The van der Waals surface area contributed by atoms with Crippen LogP contribution in [0.3, 0.4) is 0 Å². The van der Waals surface area contributed by atoms with Gasteiger partial charge in [-0.05, 0) is 174 Å². The Morgan fingerprint density at radius 3 is 1.93 bits per heavy atom. The molecule has 3 heterocycles.